The second kappa shape index (κ2) is 12.9. The minimum atomic E-state index is -2.34. The zero-order chi connectivity index (χ0) is 25.1. The minimum absolute atomic E-state index is 0.00609. The van der Waals surface area contributed by atoms with Crippen molar-refractivity contribution in [2.45, 2.75) is 124 Å². The molecule has 1 rings (SSSR count). The van der Waals surface area contributed by atoms with Gasteiger partial charge < -0.3 is 18.9 Å². The molecular weight excluding hydrogens is 426 g/mol. The van der Waals surface area contributed by atoms with Crippen LogP contribution in [0.4, 0.5) is 0 Å². The molecule has 190 valence electrons. The van der Waals surface area contributed by atoms with Crippen LogP contribution in [0.5, 0.6) is 0 Å². The van der Waals surface area contributed by atoms with Crippen molar-refractivity contribution < 1.29 is 33.3 Å². The van der Waals surface area contributed by atoms with E-state index in [0.717, 1.165) is 19.3 Å². The highest BCUT2D eigenvalue weighted by atomic mass is 16.9. The van der Waals surface area contributed by atoms with Gasteiger partial charge in [0.05, 0.1) is 0 Å². The summed E-state index contributed by atoms with van der Waals surface area (Å²) >= 11 is 0. The van der Waals surface area contributed by atoms with Gasteiger partial charge in [0.2, 0.25) is 5.54 Å². The van der Waals surface area contributed by atoms with Crippen molar-refractivity contribution >= 4 is 23.8 Å². The highest BCUT2D eigenvalue weighted by molar-refractivity contribution is 5.84. The summed E-state index contributed by atoms with van der Waals surface area (Å²) in [5, 5.41) is 0. The Kier molecular flexibility index (Phi) is 11.3. The Bertz CT molecular complexity index is 655. The molecule has 0 bridgehead atoms. The van der Waals surface area contributed by atoms with Crippen molar-refractivity contribution in [2.24, 2.45) is 10.4 Å². The van der Waals surface area contributed by atoms with Gasteiger partial charge in [-0.05, 0) is 13.3 Å². The zero-order valence-electron chi connectivity index (χ0n) is 21.6. The SMILES string of the molecule is CCCCCCCCC(C)(C)C1=NC(C)(C(OC(=O)CC)(OC(=O)CC)OC(=O)CC)CO1. The van der Waals surface area contributed by atoms with Gasteiger partial charge in [-0.15, -0.1) is 0 Å². The fraction of sp³-hybridized carbons (Fsp3) is 0.840. The number of nitrogens with zero attached hydrogens (tertiary/aromatic N) is 1. The van der Waals surface area contributed by atoms with E-state index in [2.05, 4.69) is 6.92 Å². The third kappa shape index (κ3) is 8.00. The van der Waals surface area contributed by atoms with Crippen molar-refractivity contribution in [3.63, 3.8) is 0 Å². The first kappa shape index (κ1) is 28.9. The van der Waals surface area contributed by atoms with Crippen LogP contribution in [-0.4, -0.2) is 41.9 Å². The molecular formula is C25H43NO7. The fourth-order valence-corrected chi connectivity index (χ4v) is 3.51. The molecule has 0 aliphatic carbocycles. The van der Waals surface area contributed by atoms with Crippen LogP contribution in [0.15, 0.2) is 4.99 Å². The molecule has 0 saturated heterocycles. The molecule has 1 heterocycles. The molecule has 1 unspecified atom stereocenters. The summed E-state index contributed by atoms with van der Waals surface area (Å²) in [5.41, 5.74) is -1.83. The first-order valence-electron chi connectivity index (χ1n) is 12.4. The lowest BCUT2D eigenvalue weighted by Crippen LogP contribution is -2.60. The first-order valence-corrected chi connectivity index (χ1v) is 12.4. The molecule has 0 amide bonds. The number of hydrogen-bond acceptors (Lipinski definition) is 8. The summed E-state index contributed by atoms with van der Waals surface area (Å²) < 4.78 is 22.5. The van der Waals surface area contributed by atoms with Gasteiger partial charge in [-0.2, -0.15) is 0 Å². The molecule has 0 aromatic rings. The van der Waals surface area contributed by atoms with Gasteiger partial charge in [-0.1, -0.05) is 80.1 Å². The summed E-state index contributed by atoms with van der Waals surface area (Å²) in [4.78, 5) is 41.6. The predicted octanol–water partition coefficient (Wildman–Crippen LogP) is 5.46. The number of carbonyl (C=O) groups excluding carboxylic acids is 3. The number of hydrogen-bond donors (Lipinski definition) is 0. The molecule has 1 aliphatic heterocycles. The standard InChI is InChI=1S/C25H43NO7/c1-8-12-13-14-15-16-17-23(5,6)22-26-24(7,18-30-22)25(31-19(27)9-2,32-20(28)10-3)33-21(29)11-4/h8-18H2,1-7H3. The quantitative estimate of drug-likeness (QED) is 0.178. The smallest absolute Gasteiger partial charge is 0.453 e. The molecule has 1 aliphatic rings. The van der Waals surface area contributed by atoms with Gasteiger partial charge >= 0.3 is 23.9 Å². The number of aliphatic imine (C=N–C) groups is 1. The lowest BCUT2D eigenvalue weighted by molar-refractivity contribution is -0.355. The summed E-state index contributed by atoms with van der Waals surface area (Å²) in [5.74, 6) is -3.91. The minimum Gasteiger partial charge on any atom is -0.477 e. The molecule has 0 fully saturated rings. The van der Waals surface area contributed by atoms with E-state index >= 15 is 0 Å². The molecule has 8 heteroatoms. The number of unbranched alkanes of at least 4 members (excludes halogenated alkanes) is 5. The highest BCUT2D eigenvalue weighted by Gasteiger charge is 2.63. The zero-order valence-corrected chi connectivity index (χ0v) is 21.6. The van der Waals surface area contributed by atoms with E-state index in [-0.39, 0.29) is 31.3 Å². The molecule has 0 aromatic carbocycles. The Morgan fingerprint density at radius 1 is 0.848 bits per heavy atom. The van der Waals surface area contributed by atoms with E-state index in [1.807, 2.05) is 13.8 Å². The molecule has 1 atom stereocenters. The van der Waals surface area contributed by atoms with Crippen molar-refractivity contribution in [1.29, 1.82) is 0 Å². The maximum absolute atomic E-state index is 12.3. The fourth-order valence-electron chi connectivity index (χ4n) is 3.51. The Morgan fingerprint density at radius 2 is 1.30 bits per heavy atom. The molecule has 0 aromatic heterocycles. The van der Waals surface area contributed by atoms with E-state index in [9.17, 15) is 14.4 Å². The summed E-state index contributed by atoms with van der Waals surface area (Å²) in [7, 11) is 0. The maximum atomic E-state index is 12.3. The summed E-state index contributed by atoms with van der Waals surface area (Å²) in [6.07, 6.45) is 7.95. The molecule has 0 N–H and O–H groups in total. The third-order valence-electron chi connectivity index (χ3n) is 5.84. The Hall–Kier alpha value is -2.12. The topological polar surface area (TPSA) is 100 Å². The lowest BCUT2D eigenvalue weighted by atomic mass is 9.86. The average Bonchev–Trinajstić information content (AvgIpc) is 3.20. The summed E-state index contributed by atoms with van der Waals surface area (Å²) in [6.45, 7) is 12.6. The van der Waals surface area contributed by atoms with Crippen LogP contribution in [0.3, 0.4) is 0 Å². The van der Waals surface area contributed by atoms with Crippen LogP contribution in [0, 0.1) is 5.41 Å². The van der Waals surface area contributed by atoms with Crippen LogP contribution in [0.25, 0.3) is 0 Å². The lowest BCUT2D eigenvalue weighted by Gasteiger charge is -2.39. The van der Waals surface area contributed by atoms with Crippen molar-refractivity contribution in [3.05, 3.63) is 0 Å². The number of carbonyl (C=O) groups is 3. The Labute approximate surface area is 198 Å². The Morgan fingerprint density at radius 3 is 1.76 bits per heavy atom. The van der Waals surface area contributed by atoms with Crippen molar-refractivity contribution in [3.8, 4) is 0 Å². The van der Waals surface area contributed by atoms with Gasteiger partial charge in [-0.25, -0.2) is 4.99 Å². The predicted molar refractivity (Wildman–Crippen MR) is 125 cm³/mol. The van der Waals surface area contributed by atoms with Crippen LogP contribution in [0.1, 0.15) is 113 Å². The number of rotatable bonds is 15. The molecule has 0 saturated carbocycles. The molecule has 0 radical (unpaired) electrons. The Balaban J connectivity index is 3.21. The molecule has 8 nitrogen and oxygen atoms in total. The van der Waals surface area contributed by atoms with E-state index in [4.69, 9.17) is 23.9 Å². The number of esters is 3. The third-order valence-corrected chi connectivity index (χ3v) is 5.84. The second-order valence-corrected chi connectivity index (χ2v) is 9.42. The normalized spacial score (nSPS) is 18.3. The van der Waals surface area contributed by atoms with Gasteiger partial charge in [0.15, 0.2) is 5.90 Å². The van der Waals surface area contributed by atoms with E-state index < -0.39 is 29.4 Å². The van der Waals surface area contributed by atoms with Crippen LogP contribution in [-0.2, 0) is 33.3 Å². The maximum Gasteiger partial charge on any atom is 0.453 e. The molecule has 33 heavy (non-hydrogen) atoms. The van der Waals surface area contributed by atoms with Gasteiger partial charge in [0.1, 0.15) is 6.61 Å². The van der Waals surface area contributed by atoms with Crippen LogP contribution >= 0.6 is 0 Å². The van der Waals surface area contributed by atoms with E-state index in [0.29, 0.717) is 5.90 Å². The largest absolute Gasteiger partial charge is 0.477 e. The van der Waals surface area contributed by atoms with Crippen molar-refractivity contribution in [2.75, 3.05) is 6.61 Å². The van der Waals surface area contributed by atoms with Gasteiger partial charge in [0, 0.05) is 24.7 Å². The van der Waals surface area contributed by atoms with Crippen LogP contribution < -0.4 is 0 Å². The average molecular weight is 470 g/mol. The van der Waals surface area contributed by atoms with Gasteiger partial charge in [0.25, 0.3) is 0 Å². The second-order valence-electron chi connectivity index (χ2n) is 9.42. The highest BCUT2D eigenvalue weighted by Crippen LogP contribution is 2.41. The van der Waals surface area contributed by atoms with Gasteiger partial charge in [-0.3, -0.25) is 14.4 Å². The molecule has 0 spiro atoms. The summed E-state index contributed by atoms with van der Waals surface area (Å²) in [6, 6.07) is 0. The van der Waals surface area contributed by atoms with Crippen molar-refractivity contribution in [1.82, 2.24) is 0 Å². The monoisotopic (exact) mass is 469 g/mol. The first-order chi connectivity index (χ1) is 15.5. The van der Waals surface area contributed by atoms with E-state index in [1.54, 1.807) is 27.7 Å². The van der Waals surface area contributed by atoms with Crippen LogP contribution in [0.2, 0.25) is 0 Å². The number of ether oxygens (including phenoxy) is 4. The van der Waals surface area contributed by atoms with E-state index in [1.165, 1.54) is 25.7 Å².